The van der Waals surface area contributed by atoms with E-state index in [1.165, 1.54) is 50.3 Å². The second-order valence-electron chi connectivity index (χ2n) is 9.50. The first kappa shape index (κ1) is 25.3. The molecule has 5 rings (SSSR count). The van der Waals surface area contributed by atoms with Gasteiger partial charge in [-0.25, -0.2) is 24.1 Å². The number of carbonyl (C=O) groups excluding carboxylic acids is 1. The summed E-state index contributed by atoms with van der Waals surface area (Å²) >= 11 is 0. The number of carbonyl (C=O) groups is 2. The quantitative estimate of drug-likeness (QED) is 0.360. The average molecular weight is 524 g/mol. The summed E-state index contributed by atoms with van der Waals surface area (Å²) in [7, 11) is 1.75. The lowest BCUT2D eigenvalue weighted by Crippen LogP contribution is -2.51. The lowest BCUT2D eigenvalue weighted by atomic mass is 9.80. The molecule has 3 aromatic heterocycles. The largest absolute Gasteiger partial charge is 0.478 e. The van der Waals surface area contributed by atoms with E-state index in [0.29, 0.717) is 28.3 Å². The van der Waals surface area contributed by atoms with Crippen molar-refractivity contribution >= 4 is 34.8 Å². The van der Waals surface area contributed by atoms with Gasteiger partial charge in [-0.1, -0.05) is 12.1 Å². The number of alkyl halides is 1. The number of anilines is 2. The minimum absolute atomic E-state index is 0.0340. The number of halogens is 1. The lowest BCUT2D eigenvalue weighted by molar-refractivity contribution is -0.174. The fraction of sp³-hybridized carbons (Fsp3) is 0.346. The Bertz CT molecular complexity index is 1530. The topological polar surface area (TPSA) is 133 Å². The molecule has 1 aromatic carbocycles. The molecular formula is C26H26FN5O6. The van der Waals surface area contributed by atoms with Gasteiger partial charge < -0.3 is 19.0 Å². The van der Waals surface area contributed by atoms with E-state index in [4.69, 9.17) is 13.9 Å². The van der Waals surface area contributed by atoms with Crippen molar-refractivity contribution in [2.75, 3.05) is 11.9 Å². The third-order valence-electron chi connectivity index (χ3n) is 7.19. The van der Waals surface area contributed by atoms with E-state index in [1.54, 1.807) is 43.1 Å². The van der Waals surface area contributed by atoms with Crippen molar-refractivity contribution in [2.45, 2.75) is 51.3 Å². The van der Waals surface area contributed by atoms with E-state index in [9.17, 15) is 14.7 Å². The number of aromatic carboxylic acids is 1. The fourth-order valence-corrected chi connectivity index (χ4v) is 5.03. The average Bonchev–Trinajstić information content (AvgIpc) is 3.57. The third-order valence-corrected chi connectivity index (χ3v) is 7.19. The van der Waals surface area contributed by atoms with E-state index in [2.05, 4.69) is 15.0 Å². The molecule has 198 valence electrons. The molecule has 4 aromatic rings. The molecule has 1 aliphatic heterocycles. The number of ether oxygens (including phenoxy) is 2. The highest BCUT2D eigenvalue weighted by Crippen LogP contribution is 2.57. The summed E-state index contributed by atoms with van der Waals surface area (Å²) in [5.74, 6) is -0.908. The number of rotatable bonds is 6. The molecule has 0 saturated carbocycles. The van der Waals surface area contributed by atoms with Gasteiger partial charge in [0.2, 0.25) is 5.88 Å². The lowest BCUT2D eigenvalue weighted by Gasteiger charge is -2.37. The van der Waals surface area contributed by atoms with Gasteiger partial charge in [-0.3, -0.25) is 14.3 Å². The van der Waals surface area contributed by atoms with Crippen LogP contribution in [0.3, 0.4) is 0 Å². The summed E-state index contributed by atoms with van der Waals surface area (Å²) in [6.45, 7) is 5.51. The summed E-state index contributed by atoms with van der Waals surface area (Å²) < 4.78 is 35.8. The van der Waals surface area contributed by atoms with E-state index < -0.39 is 35.5 Å². The van der Waals surface area contributed by atoms with Crippen molar-refractivity contribution in [1.82, 2.24) is 19.5 Å². The number of esters is 1. The number of nitrogens with zero attached hydrogens (tertiary/aromatic N) is 5. The number of carboxylic acid groups (broad SMARTS) is 1. The molecule has 1 aliphatic rings. The van der Waals surface area contributed by atoms with Crippen LogP contribution in [-0.2, 0) is 14.3 Å². The van der Waals surface area contributed by atoms with Crippen molar-refractivity contribution in [3.63, 3.8) is 0 Å². The molecule has 4 heterocycles. The zero-order chi connectivity index (χ0) is 27.4. The molecule has 1 N–H and O–H groups in total. The summed E-state index contributed by atoms with van der Waals surface area (Å²) in [4.78, 5) is 38.7. The summed E-state index contributed by atoms with van der Waals surface area (Å²) in [6.07, 6.45) is 1.75. The first-order valence-electron chi connectivity index (χ1n) is 11.8. The maximum Gasteiger partial charge on any atom is 0.335 e. The monoisotopic (exact) mass is 523 g/mol. The molecule has 0 amide bonds. The number of hydrogen-bond acceptors (Lipinski definition) is 9. The van der Waals surface area contributed by atoms with Crippen LogP contribution in [-0.4, -0.2) is 54.9 Å². The van der Waals surface area contributed by atoms with Crippen LogP contribution in [0.5, 0.6) is 0 Å². The van der Waals surface area contributed by atoms with Crippen LogP contribution in [0.25, 0.3) is 11.2 Å². The van der Waals surface area contributed by atoms with Crippen LogP contribution in [0.4, 0.5) is 16.1 Å². The van der Waals surface area contributed by atoms with E-state index in [1.807, 2.05) is 0 Å². The molecule has 2 unspecified atom stereocenters. The van der Waals surface area contributed by atoms with Crippen LogP contribution < -0.4 is 4.90 Å². The van der Waals surface area contributed by atoms with Gasteiger partial charge >= 0.3 is 11.9 Å². The Morgan fingerprint density at radius 3 is 2.61 bits per heavy atom. The van der Waals surface area contributed by atoms with Crippen molar-refractivity contribution in [3.05, 3.63) is 65.9 Å². The number of benzene rings is 1. The van der Waals surface area contributed by atoms with Crippen molar-refractivity contribution in [3.8, 4) is 0 Å². The summed E-state index contributed by atoms with van der Waals surface area (Å²) in [6, 6.07) is 8.12. The Labute approximate surface area is 216 Å². The first-order chi connectivity index (χ1) is 18.0. The Morgan fingerprint density at radius 2 is 1.95 bits per heavy atom. The van der Waals surface area contributed by atoms with Gasteiger partial charge in [0.15, 0.2) is 34.5 Å². The van der Waals surface area contributed by atoms with Crippen LogP contribution in [0.15, 0.2) is 53.7 Å². The highest BCUT2D eigenvalue weighted by molar-refractivity contribution is 5.89. The molecule has 0 aliphatic carbocycles. The molecule has 0 radical (unpaired) electrons. The fourth-order valence-electron chi connectivity index (χ4n) is 5.03. The Kier molecular flexibility index (Phi) is 5.94. The molecule has 12 heteroatoms. The second-order valence-corrected chi connectivity index (χ2v) is 9.50. The maximum absolute atomic E-state index is 16.9. The molecule has 11 nitrogen and oxygen atoms in total. The smallest absolute Gasteiger partial charge is 0.335 e. The predicted molar refractivity (Wildman–Crippen MR) is 133 cm³/mol. The highest BCUT2D eigenvalue weighted by atomic mass is 19.1. The maximum atomic E-state index is 16.9. The molecule has 1 fully saturated rings. The second kappa shape index (κ2) is 8.91. The Balaban J connectivity index is 1.65. The van der Waals surface area contributed by atoms with Crippen molar-refractivity contribution in [2.24, 2.45) is 0 Å². The number of carboxylic acids is 1. The summed E-state index contributed by atoms with van der Waals surface area (Å²) in [5, 5.41) is 9.63. The standard InChI is InChI=1S/C26H26FN5O6/c1-14-16(8-6-9-17(14)23(34)35)20-26(4,38-15(2)33)25(3,27)24(37-20)32-13-30-19-21(28-12-29-22(19)32)31(5)18-10-7-11-36-18/h6-13,20,24H,1-5H3,(H,34,35)/t20-,24?,25+,26?/m1/s1. The van der Waals surface area contributed by atoms with Crippen LogP contribution >= 0.6 is 0 Å². The Hall–Kier alpha value is -4.32. The van der Waals surface area contributed by atoms with Gasteiger partial charge in [0.25, 0.3) is 0 Å². The SMILES string of the molecule is CC(=O)OC1(C)[C@@H](c2cccc(C(=O)O)c2C)OC(n2cnc3c(N(C)c4ccco4)ncnc32)[C@]1(C)F. The van der Waals surface area contributed by atoms with Gasteiger partial charge in [0.1, 0.15) is 12.4 Å². The minimum atomic E-state index is -2.30. The normalized spacial score (nSPS) is 25.0. The van der Waals surface area contributed by atoms with Crippen LogP contribution in [0, 0.1) is 6.92 Å². The number of hydrogen-bond donors (Lipinski definition) is 1. The number of furan rings is 1. The number of fused-ring (bicyclic) bond motifs is 1. The summed E-state index contributed by atoms with van der Waals surface area (Å²) in [5.41, 5.74) is -2.69. The van der Waals surface area contributed by atoms with Gasteiger partial charge in [0.05, 0.1) is 18.2 Å². The molecule has 1 saturated heterocycles. The van der Waals surface area contributed by atoms with E-state index in [-0.39, 0.29) is 11.2 Å². The zero-order valence-corrected chi connectivity index (χ0v) is 21.4. The first-order valence-corrected chi connectivity index (χ1v) is 11.8. The van der Waals surface area contributed by atoms with Crippen molar-refractivity contribution < 1.29 is 33.0 Å². The van der Waals surface area contributed by atoms with Gasteiger partial charge in [0, 0.05) is 20.0 Å². The predicted octanol–water partition coefficient (Wildman–Crippen LogP) is 4.51. The van der Waals surface area contributed by atoms with E-state index >= 15 is 4.39 Å². The van der Waals surface area contributed by atoms with Gasteiger partial charge in [-0.15, -0.1) is 0 Å². The van der Waals surface area contributed by atoms with Crippen molar-refractivity contribution in [1.29, 1.82) is 0 Å². The van der Waals surface area contributed by atoms with Gasteiger partial charge in [-0.2, -0.15) is 0 Å². The highest BCUT2D eigenvalue weighted by Gasteiger charge is 2.67. The molecular weight excluding hydrogens is 497 g/mol. The number of aromatic nitrogens is 4. The molecule has 4 atom stereocenters. The minimum Gasteiger partial charge on any atom is -0.478 e. The molecule has 0 spiro atoms. The van der Waals surface area contributed by atoms with E-state index in [0.717, 1.165) is 0 Å². The van der Waals surface area contributed by atoms with Crippen LogP contribution in [0.2, 0.25) is 0 Å². The van der Waals surface area contributed by atoms with Gasteiger partial charge in [-0.05, 0) is 44.0 Å². The number of imidazole rings is 1. The Morgan fingerprint density at radius 1 is 1.18 bits per heavy atom. The molecule has 0 bridgehead atoms. The third kappa shape index (κ3) is 3.71. The zero-order valence-electron chi connectivity index (χ0n) is 21.4. The molecule has 38 heavy (non-hydrogen) atoms. The van der Waals surface area contributed by atoms with Crippen LogP contribution in [0.1, 0.15) is 54.6 Å².